The summed E-state index contributed by atoms with van der Waals surface area (Å²) in [6.07, 6.45) is 4.28. The monoisotopic (exact) mass is 565 g/mol. The number of ether oxygens (including phenoxy) is 4. The lowest BCUT2D eigenvalue weighted by Gasteiger charge is -2.26. The van der Waals surface area contributed by atoms with Gasteiger partial charge in [-0.25, -0.2) is 9.79 Å². The zero-order chi connectivity index (χ0) is 28.6. The number of nitrogens with zero attached hydrogens (tertiary/aromatic N) is 3. The molecule has 212 valence electrons. The van der Waals surface area contributed by atoms with Crippen molar-refractivity contribution >= 4 is 23.4 Å². The van der Waals surface area contributed by atoms with Crippen LogP contribution in [0.15, 0.2) is 45.3 Å². The van der Waals surface area contributed by atoms with E-state index in [0.717, 1.165) is 42.9 Å². The van der Waals surface area contributed by atoms with Crippen molar-refractivity contribution < 1.29 is 23.7 Å². The Kier molecular flexibility index (Phi) is 8.00. The van der Waals surface area contributed by atoms with E-state index in [-0.39, 0.29) is 18.3 Å². The van der Waals surface area contributed by atoms with Crippen molar-refractivity contribution in [3.63, 3.8) is 0 Å². The zero-order valence-electron chi connectivity index (χ0n) is 23.8. The number of methoxy groups -OCH3 is 2. The van der Waals surface area contributed by atoms with E-state index in [4.69, 9.17) is 18.9 Å². The molecule has 0 spiro atoms. The van der Waals surface area contributed by atoms with Gasteiger partial charge in [0.05, 0.1) is 42.7 Å². The first-order chi connectivity index (χ1) is 19.3. The Balaban J connectivity index is 1.68. The molecule has 3 aromatic rings. The summed E-state index contributed by atoms with van der Waals surface area (Å²) in [4.78, 5) is 32.5. The predicted molar refractivity (Wildman–Crippen MR) is 153 cm³/mol. The van der Waals surface area contributed by atoms with Crippen molar-refractivity contribution in [2.24, 2.45) is 4.99 Å². The maximum Gasteiger partial charge on any atom is 0.338 e. The first-order valence-corrected chi connectivity index (χ1v) is 14.3. The van der Waals surface area contributed by atoms with Gasteiger partial charge in [0.15, 0.2) is 16.3 Å². The number of carbonyl (C=O) groups excluding carboxylic acids is 1. The molecule has 2 aliphatic rings. The first-order valence-electron chi connectivity index (χ1n) is 13.5. The van der Waals surface area contributed by atoms with Crippen LogP contribution < -0.4 is 24.4 Å². The van der Waals surface area contributed by atoms with Crippen LogP contribution in [0.3, 0.4) is 0 Å². The zero-order valence-corrected chi connectivity index (χ0v) is 24.6. The molecule has 4 heterocycles. The number of rotatable bonds is 8. The largest absolute Gasteiger partial charge is 0.493 e. The molecule has 0 amide bonds. The third-order valence-corrected chi connectivity index (χ3v) is 8.54. The Bertz CT molecular complexity index is 1660. The third kappa shape index (κ3) is 4.90. The van der Waals surface area contributed by atoms with Gasteiger partial charge in [-0.15, -0.1) is 0 Å². The summed E-state index contributed by atoms with van der Waals surface area (Å²) in [7, 11) is 3.09. The number of aromatic nitrogens is 2. The summed E-state index contributed by atoms with van der Waals surface area (Å²) in [6, 6.07) is 6.72. The lowest BCUT2D eigenvalue weighted by Crippen LogP contribution is -2.40. The molecule has 0 unspecified atom stereocenters. The maximum atomic E-state index is 14.1. The minimum absolute atomic E-state index is 0.198. The molecular weight excluding hydrogens is 530 g/mol. The van der Waals surface area contributed by atoms with E-state index in [9.17, 15) is 9.59 Å². The van der Waals surface area contributed by atoms with E-state index >= 15 is 0 Å². The number of aryl methyl sites for hydroxylation is 1. The molecule has 9 nitrogen and oxygen atoms in total. The van der Waals surface area contributed by atoms with Crippen molar-refractivity contribution in [2.75, 3.05) is 27.4 Å². The molecule has 2 aliphatic heterocycles. The van der Waals surface area contributed by atoms with Crippen molar-refractivity contribution in [3.05, 3.63) is 77.7 Å². The van der Waals surface area contributed by atoms with Gasteiger partial charge in [0.25, 0.3) is 5.56 Å². The van der Waals surface area contributed by atoms with Crippen molar-refractivity contribution in [1.29, 1.82) is 0 Å². The summed E-state index contributed by atoms with van der Waals surface area (Å²) >= 11 is 1.30. The molecule has 2 aromatic heterocycles. The second kappa shape index (κ2) is 11.5. The predicted octanol–water partition coefficient (Wildman–Crippen LogP) is 3.41. The molecule has 1 aromatic carbocycles. The van der Waals surface area contributed by atoms with Crippen molar-refractivity contribution in [2.45, 2.75) is 59.2 Å². The Labute approximate surface area is 237 Å². The molecule has 0 bridgehead atoms. The number of para-hydroxylation sites is 1. The fraction of sp³-hybridized carbons (Fsp3) is 0.433. The summed E-state index contributed by atoms with van der Waals surface area (Å²) in [5, 5.41) is 0. The third-order valence-electron chi connectivity index (χ3n) is 7.55. The highest BCUT2D eigenvalue weighted by atomic mass is 32.1. The van der Waals surface area contributed by atoms with E-state index in [1.54, 1.807) is 31.6 Å². The van der Waals surface area contributed by atoms with Crippen LogP contribution in [-0.4, -0.2) is 48.6 Å². The topological polar surface area (TPSA) is 93.3 Å². The SMILES string of the molecule is CCOC(=O)C1=C(C)N=c2s/c(=C\c3cc(C)n(C[C@H]4CCCO4)c3C)c(=O)n2[C@@H]1c1cccc(OC)c1OC. The van der Waals surface area contributed by atoms with Crippen molar-refractivity contribution in [1.82, 2.24) is 9.13 Å². The number of fused-ring (bicyclic) bond motifs is 1. The summed E-state index contributed by atoms with van der Waals surface area (Å²) in [6.45, 7) is 9.46. The minimum atomic E-state index is -0.797. The van der Waals surface area contributed by atoms with Gasteiger partial charge in [0, 0.05) is 30.1 Å². The average molecular weight is 566 g/mol. The number of allylic oxidation sites excluding steroid dienone is 1. The molecule has 1 saturated heterocycles. The molecule has 0 aliphatic carbocycles. The van der Waals surface area contributed by atoms with Gasteiger partial charge in [-0.3, -0.25) is 9.36 Å². The van der Waals surface area contributed by atoms with Gasteiger partial charge in [-0.05, 0) is 64.3 Å². The van der Waals surface area contributed by atoms with Crippen LogP contribution in [0.5, 0.6) is 11.5 Å². The van der Waals surface area contributed by atoms with Gasteiger partial charge in [0.1, 0.15) is 6.04 Å². The highest BCUT2D eigenvalue weighted by molar-refractivity contribution is 7.07. The molecule has 5 rings (SSSR count). The van der Waals surface area contributed by atoms with E-state index < -0.39 is 12.0 Å². The van der Waals surface area contributed by atoms with E-state index in [1.807, 2.05) is 18.2 Å². The van der Waals surface area contributed by atoms with E-state index in [0.29, 0.717) is 37.7 Å². The van der Waals surface area contributed by atoms with Gasteiger partial charge in [0.2, 0.25) is 0 Å². The Morgan fingerprint density at radius 3 is 2.70 bits per heavy atom. The fourth-order valence-corrected chi connectivity index (χ4v) is 6.64. The summed E-state index contributed by atoms with van der Waals surface area (Å²) < 4.78 is 26.9. The lowest BCUT2D eigenvalue weighted by molar-refractivity contribution is -0.139. The Hall–Kier alpha value is -3.63. The smallest absolute Gasteiger partial charge is 0.338 e. The molecular formula is C30H35N3O6S. The van der Waals surface area contributed by atoms with E-state index in [1.165, 1.54) is 18.4 Å². The minimum Gasteiger partial charge on any atom is -0.493 e. The molecule has 1 fully saturated rings. The number of hydrogen-bond acceptors (Lipinski definition) is 8. The number of carbonyl (C=O) groups is 1. The number of esters is 1. The van der Waals surface area contributed by atoms with Crippen LogP contribution in [0.4, 0.5) is 0 Å². The van der Waals surface area contributed by atoms with Gasteiger partial charge >= 0.3 is 5.97 Å². The summed E-state index contributed by atoms with van der Waals surface area (Å²) in [5.41, 5.74) is 4.33. The van der Waals surface area contributed by atoms with Crippen LogP contribution >= 0.6 is 11.3 Å². The average Bonchev–Trinajstić information content (AvgIpc) is 3.63. The summed E-state index contributed by atoms with van der Waals surface area (Å²) in [5.74, 6) is 0.419. The standard InChI is InChI=1S/C30H35N3O6S/c1-7-38-29(35)25-18(3)31-30-33(26(25)22-11-8-12-23(36-5)27(22)37-6)28(34)24(40-30)15-20-14-17(2)32(19(20)4)16-21-10-9-13-39-21/h8,11-12,14-15,21,26H,7,9-10,13,16H2,1-6H3/b24-15-/t21-,26-/m1/s1. The van der Waals surface area contributed by atoms with Crippen LogP contribution in [0, 0.1) is 13.8 Å². The highest BCUT2D eigenvalue weighted by Crippen LogP contribution is 2.40. The maximum absolute atomic E-state index is 14.1. The van der Waals surface area contributed by atoms with Crippen LogP contribution in [0.2, 0.25) is 0 Å². The van der Waals surface area contributed by atoms with Gasteiger partial charge in [-0.1, -0.05) is 23.5 Å². The lowest BCUT2D eigenvalue weighted by atomic mass is 9.94. The molecule has 0 radical (unpaired) electrons. The normalized spacial score (nSPS) is 19.0. The van der Waals surface area contributed by atoms with Crippen LogP contribution in [-0.2, 0) is 20.8 Å². The van der Waals surface area contributed by atoms with Gasteiger partial charge < -0.3 is 23.5 Å². The highest BCUT2D eigenvalue weighted by Gasteiger charge is 2.36. The van der Waals surface area contributed by atoms with Gasteiger partial charge in [-0.2, -0.15) is 0 Å². The molecule has 10 heteroatoms. The van der Waals surface area contributed by atoms with Crippen LogP contribution in [0.1, 0.15) is 55.2 Å². The number of thiazole rings is 1. The molecule has 0 N–H and O–H groups in total. The number of benzene rings is 1. The molecule has 2 atom stereocenters. The van der Waals surface area contributed by atoms with Crippen molar-refractivity contribution in [3.8, 4) is 11.5 Å². The van der Waals surface area contributed by atoms with Crippen LogP contribution in [0.25, 0.3) is 6.08 Å². The quantitative estimate of drug-likeness (QED) is 0.389. The number of hydrogen-bond donors (Lipinski definition) is 0. The van der Waals surface area contributed by atoms with E-state index in [2.05, 4.69) is 29.5 Å². The molecule has 0 saturated carbocycles. The Morgan fingerprint density at radius 1 is 1.23 bits per heavy atom. The second-order valence-corrected chi connectivity index (χ2v) is 11.0. The molecule has 40 heavy (non-hydrogen) atoms. The first kappa shape index (κ1) is 27.9. The Morgan fingerprint density at radius 2 is 2.02 bits per heavy atom. The second-order valence-electron chi connectivity index (χ2n) is 9.96. The fourth-order valence-electron chi connectivity index (χ4n) is 5.60.